The van der Waals surface area contributed by atoms with Gasteiger partial charge in [-0.25, -0.2) is 0 Å². The largest absolute Gasteiger partial charge is 0.481 e. The molecule has 124 valence electrons. The van der Waals surface area contributed by atoms with Gasteiger partial charge in [0.15, 0.2) is 0 Å². The minimum Gasteiger partial charge on any atom is -0.481 e. The predicted molar refractivity (Wildman–Crippen MR) is 90.8 cm³/mol. The highest BCUT2D eigenvalue weighted by molar-refractivity contribution is 5.82. The van der Waals surface area contributed by atoms with Gasteiger partial charge in [-0.1, -0.05) is 48.5 Å². The number of hydrogen-bond donors (Lipinski definition) is 1. The average molecular weight is 324 g/mol. The second kappa shape index (κ2) is 6.48. The second-order valence-electron chi connectivity index (χ2n) is 6.14. The van der Waals surface area contributed by atoms with Crippen LogP contribution in [0.3, 0.4) is 0 Å². The number of rotatable bonds is 6. The zero-order valence-electron chi connectivity index (χ0n) is 13.6. The molecule has 0 amide bonds. The Hall–Kier alpha value is -2.62. The molecule has 0 fully saturated rings. The van der Waals surface area contributed by atoms with Gasteiger partial charge in [-0.15, -0.1) is 0 Å². The summed E-state index contributed by atoms with van der Waals surface area (Å²) in [6.07, 6.45) is 1.33. The van der Waals surface area contributed by atoms with Crippen LogP contribution >= 0.6 is 0 Å². The van der Waals surface area contributed by atoms with Crippen molar-refractivity contribution in [1.29, 1.82) is 0 Å². The molecule has 1 aliphatic carbocycles. The van der Waals surface area contributed by atoms with Gasteiger partial charge in [0.2, 0.25) is 0 Å². The monoisotopic (exact) mass is 324 g/mol. The van der Waals surface area contributed by atoms with E-state index in [9.17, 15) is 14.7 Å². The van der Waals surface area contributed by atoms with Crippen molar-refractivity contribution in [2.45, 2.75) is 31.1 Å². The van der Waals surface area contributed by atoms with Gasteiger partial charge >= 0.3 is 11.9 Å². The fraction of sp³-hybridized carbons (Fsp3) is 0.300. The summed E-state index contributed by atoms with van der Waals surface area (Å²) in [4.78, 5) is 23.0. The van der Waals surface area contributed by atoms with Gasteiger partial charge in [0, 0.05) is 18.3 Å². The summed E-state index contributed by atoms with van der Waals surface area (Å²) < 4.78 is 4.80. The van der Waals surface area contributed by atoms with E-state index in [1.165, 1.54) is 7.11 Å². The van der Waals surface area contributed by atoms with E-state index in [0.29, 0.717) is 12.8 Å². The SMILES string of the molecule is COC(=O)CCC1(CCC(=O)O)c2ccccc2-c2ccccc21. The molecule has 0 heterocycles. The standard InChI is InChI=1S/C20H20O4/c1-24-19(23)11-13-20(12-10-18(21)22)16-8-4-2-6-14(16)15-7-3-5-9-17(15)20/h2-9H,10-13H2,1H3,(H,21,22). The second-order valence-corrected chi connectivity index (χ2v) is 6.14. The third-order valence-corrected chi connectivity index (χ3v) is 4.92. The molecule has 1 aliphatic rings. The van der Waals surface area contributed by atoms with Crippen LogP contribution < -0.4 is 0 Å². The first-order chi connectivity index (χ1) is 11.6. The molecule has 0 radical (unpaired) electrons. The van der Waals surface area contributed by atoms with Gasteiger partial charge in [-0.3, -0.25) is 9.59 Å². The van der Waals surface area contributed by atoms with E-state index in [2.05, 4.69) is 24.3 Å². The molecule has 0 saturated heterocycles. The van der Waals surface area contributed by atoms with Crippen molar-refractivity contribution >= 4 is 11.9 Å². The predicted octanol–water partition coefficient (Wildman–Crippen LogP) is 3.77. The molecule has 24 heavy (non-hydrogen) atoms. The Morgan fingerprint density at radius 1 is 0.917 bits per heavy atom. The van der Waals surface area contributed by atoms with E-state index in [-0.39, 0.29) is 18.8 Å². The Morgan fingerprint density at radius 2 is 1.42 bits per heavy atom. The number of hydrogen-bond acceptors (Lipinski definition) is 3. The van der Waals surface area contributed by atoms with Crippen molar-refractivity contribution < 1.29 is 19.4 Å². The van der Waals surface area contributed by atoms with E-state index in [1.54, 1.807) is 0 Å². The summed E-state index contributed by atoms with van der Waals surface area (Å²) in [6, 6.07) is 16.1. The third kappa shape index (κ3) is 2.68. The smallest absolute Gasteiger partial charge is 0.305 e. The molecule has 0 bridgehead atoms. The topological polar surface area (TPSA) is 63.6 Å². The van der Waals surface area contributed by atoms with Crippen LogP contribution in [0.4, 0.5) is 0 Å². The molecule has 0 saturated carbocycles. The van der Waals surface area contributed by atoms with Gasteiger partial charge in [-0.2, -0.15) is 0 Å². The van der Waals surface area contributed by atoms with Crippen LogP contribution in [0.2, 0.25) is 0 Å². The van der Waals surface area contributed by atoms with Crippen molar-refractivity contribution in [2.24, 2.45) is 0 Å². The summed E-state index contributed by atoms with van der Waals surface area (Å²) in [5.74, 6) is -1.10. The van der Waals surface area contributed by atoms with E-state index in [4.69, 9.17) is 4.74 Å². The minimum absolute atomic E-state index is 0.0594. The van der Waals surface area contributed by atoms with Crippen LogP contribution in [0.25, 0.3) is 11.1 Å². The van der Waals surface area contributed by atoms with E-state index in [0.717, 1.165) is 22.3 Å². The van der Waals surface area contributed by atoms with Crippen molar-refractivity contribution in [2.75, 3.05) is 7.11 Å². The zero-order valence-corrected chi connectivity index (χ0v) is 13.6. The quantitative estimate of drug-likeness (QED) is 0.822. The van der Waals surface area contributed by atoms with Crippen molar-refractivity contribution in [3.05, 3.63) is 59.7 Å². The van der Waals surface area contributed by atoms with Gasteiger partial charge in [0.05, 0.1) is 7.11 Å². The molecule has 2 aromatic carbocycles. The maximum Gasteiger partial charge on any atom is 0.305 e. The number of benzene rings is 2. The van der Waals surface area contributed by atoms with Gasteiger partial charge < -0.3 is 9.84 Å². The molecule has 4 nitrogen and oxygen atoms in total. The number of carbonyl (C=O) groups excluding carboxylic acids is 1. The first kappa shape index (κ1) is 16.2. The average Bonchev–Trinajstić information content (AvgIpc) is 2.89. The van der Waals surface area contributed by atoms with Gasteiger partial charge in [0.25, 0.3) is 0 Å². The lowest BCUT2D eigenvalue weighted by molar-refractivity contribution is -0.141. The number of methoxy groups -OCH3 is 1. The maximum absolute atomic E-state index is 11.7. The number of aliphatic carboxylic acids is 1. The number of ether oxygens (including phenoxy) is 1. The van der Waals surface area contributed by atoms with Crippen LogP contribution in [0.5, 0.6) is 0 Å². The lowest BCUT2D eigenvalue weighted by Crippen LogP contribution is -2.27. The Kier molecular flexibility index (Phi) is 4.38. The lowest BCUT2D eigenvalue weighted by atomic mass is 9.71. The Labute approximate surface area is 141 Å². The maximum atomic E-state index is 11.7. The Bertz CT molecular complexity index is 733. The van der Waals surface area contributed by atoms with Crippen LogP contribution in [0.15, 0.2) is 48.5 Å². The number of carboxylic acid groups (broad SMARTS) is 1. The molecule has 0 atom stereocenters. The molecule has 1 N–H and O–H groups in total. The van der Waals surface area contributed by atoms with E-state index in [1.807, 2.05) is 24.3 Å². The molecule has 0 spiro atoms. The fourth-order valence-corrected chi connectivity index (χ4v) is 3.82. The first-order valence-electron chi connectivity index (χ1n) is 8.06. The molecule has 0 unspecified atom stereocenters. The lowest BCUT2D eigenvalue weighted by Gasteiger charge is -2.31. The van der Waals surface area contributed by atoms with Crippen molar-refractivity contribution in [3.8, 4) is 11.1 Å². The molecule has 0 aromatic heterocycles. The number of esters is 1. The first-order valence-corrected chi connectivity index (χ1v) is 8.06. The Balaban J connectivity index is 2.11. The molecule has 0 aliphatic heterocycles. The van der Waals surface area contributed by atoms with Gasteiger partial charge in [-0.05, 0) is 35.1 Å². The number of carboxylic acids is 1. The van der Waals surface area contributed by atoms with Crippen LogP contribution in [0.1, 0.15) is 36.8 Å². The molecule has 2 aromatic rings. The summed E-state index contributed by atoms with van der Waals surface area (Å²) in [5, 5.41) is 9.22. The highest BCUT2D eigenvalue weighted by Gasteiger charge is 2.42. The van der Waals surface area contributed by atoms with Crippen LogP contribution in [-0.2, 0) is 19.7 Å². The molecular weight excluding hydrogens is 304 g/mol. The summed E-state index contributed by atoms with van der Waals surface area (Å²) >= 11 is 0. The van der Waals surface area contributed by atoms with Crippen LogP contribution in [-0.4, -0.2) is 24.2 Å². The molecular formula is C20H20O4. The molecule has 3 rings (SSSR count). The van der Waals surface area contributed by atoms with Gasteiger partial charge in [0.1, 0.15) is 0 Å². The molecule has 4 heteroatoms. The highest BCUT2D eigenvalue weighted by atomic mass is 16.5. The number of fused-ring (bicyclic) bond motifs is 3. The van der Waals surface area contributed by atoms with Crippen LogP contribution in [0, 0.1) is 0 Å². The number of carbonyl (C=O) groups is 2. The van der Waals surface area contributed by atoms with Crippen molar-refractivity contribution in [1.82, 2.24) is 0 Å². The summed E-state index contributed by atoms with van der Waals surface area (Å²) in [7, 11) is 1.38. The summed E-state index contributed by atoms with van der Waals surface area (Å²) in [5.41, 5.74) is 4.01. The summed E-state index contributed by atoms with van der Waals surface area (Å²) in [6.45, 7) is 0. The van der Waals surface area contributed by atoms with Crippen molar-refractivity contribution in [3.63, 3.8) is 0 Å². The normalized spacial score (nSPS) is 13.9. The third-order valence-electron chi connectivity index (χ3n) is 4.92. The highest BCUT2D eigenvalue weighted by Crippen LogP contribution is 2.53. The van der Waals surface area contributed by atoms with E-state index >= 15 is 0 Å². The Morgan fingerprint density at radius 3 is 1.92 bits per heavy atom. The minimum atomic E-state index is -0.825. The van der Waals surface area contributed by atoms with E-state index < -0.39 is 11.4 Å². The zero-order chi connectivity index (χ0) is 17.2. The fourth-order valence-electron chi connectivity index (χ4n) is 3.82.